The van der Waals surface area contributed by atoms with Crippen LogP contribution in [0.4, 0.5) is 10.1 Å². The second-order valence-corrected chi connectivity index (χ2v) is 6.80. The Balaban J connectivity index is 1.63. The lowest BCUT2D eigenvalue weighted by molar-refractivity contribution is -0.116. The molecule has 0 aliphatic heterocycles. The maximum absolute atomic E-state index is 14.0. The quantitative estimate of drug-likeness (QED) is 0.513. The van der Waals surface area contributed by atoms with Gasteiger partial charge in [0.25, 0.3) is 11.4 Å². The Hall–Kier alpha value is -4.07. The van der Waals surface area contributed by atoms with Gasteiger partial charge in [-0.25, -0.2) is 4.39 Å². The summed E-state index contributed by atoms with van der Waals surface area (Å²) in [5, 5.41) is 6.66. The predicted molar refractivity (Wildman–Crippen MR) is 114 cm³/mol. The number of para-hydroxylation sites is 1. The van der Waals surface area contributed by atoms with Crippen LogP contribution in [0, 0.1) is 5.82 Å². The van der Waals surface area contributed by atoms with Crippen molar-refractivity contribution in [2.45, 2.75) is 19.9 Å². The van der Waals surface area contributed by atoms with Crippen LogP contribution >= 0.6 is 0 Å². The molecule has 7 nitrogen and oxygen atoms in total. The van der Waals surface area contributed by atoms with Gasteiger partial charge in [0, 0.05) is 11.8 Å². The Morgan fingerprint density at radius 2 is 1.84 bits per heavy atom. The number of hydrogen-bond donors (Lipinski definition) is 1. The first kappa shape index (κ1) is 20.2. The Morgan fingerprint density at radius 1 is 1.06 bits per heavy atom. The van der Waals surface area contributed by atoms with Gasteiger partial charge in [-0.1, -0.05) is 48.5 Å². The summed E-state index contributed by atoms with van der Waals surface area (Å²) in [6.07, 6.45) is 0.758. The summed E-state index contributed by atoms with van der Waals surface area (Å²) in [6, 6.07) is 18.0. The van der Waals surface area contributed by atoms with E-state index in [2.05, 4.69) is 15.5 Å². The van der Waals surface area contributed by atoms with Gasteiger partial charge in [-0.05, 0) is 36.2 Å². The summed E-state index contributed by atoms with van der Waals surface area (Å²) in [4.78, 5) is 29.4. The van der Waals surface area contributed by atoms with Crippen molar-refractivity contribution in [3.8, 4) is 23.0 Å². The molecule has 0 unspecified atom stereocenters. The van der Waals surface area contributed by atoms with E-state index >= 15 is 0 Å². The van der Waals surface area contributed by atoms with E-state index in [1.54, 1.807) is 18.2 Å². The fraction of sp³-hybridized carbons (Fsp3) is 0.130. The molecule has 2 heterocycles. The molecule has 0 atom stereocenters. The van der Waals surface area contributed by atoms with Gasteiger partial charge < -0.3 is 9.84 Å². The molecule has 8 heteroatoms. The first-order valence-corrected chi connectivity index (χ1v) is 9.73. The number of nitrogens with one attached hydrogen (secondary N) is 1. The Bertz CT molecular complexity index is 1300. The van der Waals surface area contributed by atoms with Crippen LogP contribution in [0.1, 0.15) is 12.5 Å². The molecule has 0 fully saturated rings. The van der Waals surface area contributed by atoms with E-state index in [-0.39, 0.29) is 35.4 Å². The lowest BCUT2D eigenvalue weighted by Crippen LogP contribution is -2.28. The van der Waals surface area contributed by atoms with Crippen molar-refractivity contribution in [3.05, 3.63) is 88.5 Å². The zero-order chi connectivity index (χ0) is 21.8. The number of aromatic nitrogens is 3. The SMILES string of the molecule is CCc1ccccc1NC(=O)Cn1c(-c2nc(-c3ccccc3F)no2)cccc1=O. The van der Waals surface area contributed by atoms with Gasteiger partial charge in [0.05, 0.1) is 5.56 Å². The number of anilines is 1. The largest absolute Gasteiger partial charge is 0.332 e. The number of rotatable bonds is 6. The lowest BCUT2D eigenvalue weighted by Gasteiger charge is -2.12. The van der Waals surface area contributed by atoms with Crippen LogP contribution in [0.3, 0.4) is 0 Å². The van der Waals surface area contributed by atoms with Crippen LogP contribution in [0.2, 0.25) is 0 Å². The number of nitrogens with zero attached hydrogens (tertiary/aromatic N) is 3. The summed E-state index contributed by atoms with van der Waals surface area (Å²) >= 11 is 0. The summed E-state index contributed by atoms with van der Waals surface area (Å²) in [5.74, 6) is -0.798. The summed E-state index contributed by atoms with van der Waals surface area (Å²) in [5.41, 5.74) is 1.72. The highest BCUT2D eigenvalue weighted by atomic mass is 19.1. The molecule has 0 saturated carbocycles. The third-order valence-corrected chi connectivity index (χ3v) is 4.78. The first-order chi connectivity index (χ1) is 15.1. The number of halogens is 1. The third-order valence-electron chi connectivity index (χ3n) is 4.78. The molecule has 0 aliphatic rings. The van der Waals surface area contributed by atoms with Crippen molar-refractivity contribution in [3.63, 3.8) is 0 Å². The summed E-state index contributed by atoms with van der Waals surface area (Å²) < 4.78 is 20.6. The molecular formula is C23H19FN4O3. The van der Waals surface area contributed by atoms with Crippen LogP contribution in [0.15, 0.2) is 76.0 Å². The molecule has 0 radical (unpaired) electrons. The van der Waals surface area contributed by atoms with Crippen molar-refractivity contribution in [1.82, 2.24) is 14.7 Å². The van der Waals surface area contributed by atoms with E-state index in [4.69, 9.17) is 4.52 Å². The fourth-order valence-electron chi connectivity index (χ4n) is 3.23. The number of amides is 1. The van der Waals surface area contributed by atoms with Crippen molar-refractivity contribution in [1.29, 1.82) is 0 Å². The number of hydrogen-bond acceptors (Lipinski definition) is 5. The standard InChI is InChI=1S/C23H19FN4O3/c1-2-15-8-3-6-11-18(15)25-20(29)14-28-19(12-7-13-21(28)30)23-26-22(27-31-23)16-9-4-5-10-17(16)24/h3-13H,2,14H2,1H3,(H,25,29). The van der Waals surface area contributed by atoms with E-state index in [1.807, 2.05) is 31.2 Å². The van der Waals surface area contributed by atoms with Crippen molar-refractivity contribution in [2.24, 2.45) is 0 Å². The predicted octanol–water partition coefficient (Wildman–Crippen LogP) is 3.91. The second-order valence-electron chi connectivity index (χ2n) is 6.80. The van der Waals surface area contributed by atoms with Crippen molar-refractivity contribution >= 4 is 11.6 Å². The minimum atomic E-state index is -0.491. The molecule has 1 amide bonds. The molecule has 0 bridgehead atoms. The number of pyridine rings is 1. The topological polar surface area (TPSA) is 90.0 Å². The summed E-state index contributed by atoms with van der Waals surface area (Å²) in [7, 11) is 0. The first-order valence-electron chi connectivity index (χ1n) is 9.73. The van der Waals surface area contributed by atoms with E-state index in [0.29, 0.717) is 5.69 Å². The number of aryl methyl sites for hydroxylation is 1. The van der Waals surface area contributed by atoms with Crippen LogP contribution in [-0.2, 0) is 17.8 Å². The fourth-order valence-corrected chi connectivity index (χ4v) is 3.23. The van der Waals surface area contributed by atoms with Gasteiger partial charge in [0.1, 0.15) is 18.1 Å². The molecule has 0 aliphatic carbocycles. The molecule has 0 saturated heterocycles. The van der Waals surface area contributed by atoms with Crippen LogP contribution in [0.25, 0.3) is 23.0 Å². The van der Waals surface area contributed by atoms with Crippen molar-refractivity contribution < 1.29 is 13.7 Å². The van der Waals surface area contributed by atoms with E-state index < -0.39 is 11.4 Å². The molecule has 0 spiro atoms. The Morgan fingerprint density at radius 3 is 2.65 bits per heavy atom. The zero-order valence-electron chi connectivity index (χ0n) is 16.7. The van der Waals surface area contributed by atoms with Crippen molar-refractivity contribution in [2.75, 3.05) is 5.32 Å². The van der Waals surface area contributed by atoms with E-state index in [1.165, 1.54) is 28.8 Å². The lowest BCUT2D eigenvalue weighted by atomic mass is 10.1. The molecule has 4 aromatic rings. The smallest absolute Gasteiger partial charge is 0.274 e. The van der Waals surface area contributed by atoms with Gasteiger partial charge in [0.15, 0.2) is 0 Å². The highest BCUT2D eigenvalue weighted by molar-refractivity contribution is 5.91. The van der Waals surface area contributed by atoms with E-state index in [0.717, 1.165) is 12.0 Å². The second kappa shape index (κ2) is 8.74. The normalized spacial score (nSPS) is 10.8. The average Bonchev–Trinajstić information content (AvgIpc) is 3.25. The van der Waals surface area contributed by atoms with Gasteiger partial charge in [-0.3, -0.25) is 14.2 Å². The van der Waals surface area contributed by atoms with E-state index in [9.17, 15) is 14.0 Å². The molecule has 156 valence electrons. The zero-order valence-corrected chi connectivity index (χ0v) is 16.7. The van der Waals surface area contributed by atoms with Crippen LogP contribution in [-0.4, -0.2) is 20.6 Å². The van der Waals surface area contributed by atoms with Gasteiger partial charge in [0.2, 0.25) is 11.7 Å². The average molecular weight is 418 g/mol. The third kappa shape index (κ3) is 4.28. The maximum Gasteiger partial charge on any atom is 0.274 e. The van der Waals surface area contributed by atoms with Gasteiger partial charge >= 0.3 is 0 Å². The van der Waals surface area contributed by atoms with Gasteiger partial charge in [-0.2, -0.15) is 4.98 Å². The molecular weight excluding hydrogens is 399 g/mol. The van der Waals surface area contributed by atoms with Crippen LogP contribution < -0.4 is 10.9 Å². The minimum absolute atomic E-state index is 0.0118. The number of carbonyl (C=O) groups is 1. The molecule has 1 N–H and O–H groups in total. The van der Waals surface area contributed by atoms with Crippen LogP contribution in [0.5, 0.6) is 0 Å². The number of carbonyl (C=O) groups excluding carboxylic acids is 1. The molecule has 2 aromatic heterocycles. The summed E-state index contributed by atoms with van der Waals surface area (Å²) in [6.45, 7) is 1.75. The monoisotopic (exact) mass is 418 g/mol. The highest BCUT2D eigenvalue weighted by Gasteiger charge is 2.18. The minimum Gasteiger partial charge on any atom is -0.332 e. The Labute approximate surface area is 177 Å². The van der Waals surface area contributed by atoms with Gasteiger partial charge in [-0.15, -0.1) is 0 Å². The molecule has 31 heavy (non-hydrogen) atoms. The molecule has 4 rings (SSSR count). The highest BCUT2D eigenvalue weighted by Crippen LogP contribution is 2.23. The Kier molecular flexibility index (Phi) is 5.70. The maximum atomic E-state index is 14.0. The number of benzene rings is 2. The molecule has 2 aromatic carbocycles.